The summed E-state index contributed by atoms with van der Waals surface area (Å²) >= 11 is 0. The predicted molar refractivity (Wildman–Crippen MR) is 75.9 cm³/mol. The number of para-hydroxylation sites is 1. The maximum absolute atomic E-state index is 9.19. The lowest BCUT2D eigenvalue weighted by Gasteiger charge is -2.34. The fourth-order valence-electron chi connectivity index (χ4n) is 2.45. The number of hydrogen-bond acceptors (Lipinski definition) is 5. The van der Waals surface area contributed by atoms with Crippen molar-refractivity contribution in [1.29, 1.82) is 5.26 Å². The maximum Gasteiger partial charge on any atom is 0.158 e. The van der Waals surface area contributed by atoms with Crippen LogP contribution in [0.25, 0.3) is 11.3 Å². The van der Waals surface area contributed by atoms with Gasteiger partial charge in [0.15, 0.2) is 5.82 Å². The Bertz CT molecular complexity index is 731. The Morgan fingerprint density at radius 1 is 1.35 bits per heavy atom. The number of fused-ring (bicyclic) bond motifs is 3. The zero-order chi connectivity index (χ0) is 14.3. The molecule has 3 N–H and O–H groups in total. The molecule has 0 spiro atoms. The zero-order valence-electron chi connectivity index (χ0n) is 11.3. The van der Waals surface area contributed by atoms with Gasteiger partial charge in [-0.25, -0.2) is 10.8 Å². The van der Waals surface area contributed by atoms with E-state index in [9.17, 15) is 5.26 Å². The number of hydrazine groups is 1. The van der Waals surface area contributed by atoms with E-state index in [0.29, 0.717) is 11.4 Å². The smallest absolute Gasteiger partial charge is 0.158 e. The van der Waals surface area contributed by atoms with E-state index in [1.165, 1.54) is 0 Å². The normalized spacial score (nSPS) is 14.5. The summed E-state index contributed by atoms with van der Waals surface area (Å²) in [5.74, 6) is 6.61. The van der Waals surface area contributed by atoms with E-state index in [2.05, 4.69) is 16.5 Å². The van der Waals surface area contributed by atoms with Gasteiger partial charge in [0.1, 0.15) is 17.4 Å². The number of anilines is 1. The zero-order valence-corrected chi connectivity index (χ0v) is 11.3. The minimum absolute atomic E-state index is 0.374. The predicted octanol–water partition coefficient (Wildman–Crippen LogP) is 2.53. The van der Waals surface area contributed by atoms with Crippen molar-refractivity contribution in [3.8, 4) is 23.1 Å². The molecular formula is C15H14N4O. The minimum atomic E-state index is -0.546. The number of ether oxygens (including phenoxy) is 1. The summed E-state index contributed by atoms with van der Waals surface area (Å²) < 4.78 is 6.02. The quantitative estimate of drug-likeness (QED) is 0.612. The molecule has 2 aromatic rings. The van der Waals surface area contributed by atoms with Crippen molar-refractivity contribution >= 4 is 5.82 Å². The highest BCUT2D eigenvalue weighted by atomic mass is 16.5. The molecule has 1 aliphatic rings. The molecule has 0 atom stereocenters. The van der Waals surface area contributed by atoms with Crippen LogP contribution in [-0.2, 0) is 5.60 Å². The summed E-state index contributed by atoms with van der Waals surface area (Å²) in [5, 5.41) is 9.19. The molecule has 1 aromatic carbocycles. The van der Waals surface area contributed by atoms with Crippen LogP contribution in [0, 0.1) is 11.3 Å². The number of hydrogen-bond donors (Lipinski definition) is 2. The first-order valence-electron chi connectivity index (χ1n) is 6.27. The Hall–Kier alpha value is -2.58. The van der Waals surface area contributed by atoms with E-state index in [4.69, 9.17) is 10.6 Å². The molecular weight excluding hydrogens is 252 g/mol. The van der Waals surface area contributed by atoms with Gasteiger partial charge >= 0.3 is 0 Å². The summed E-state index contributed by atoms with van der Waals surface area (Å²) in [4.78, 5) is 4.50. The molecule has 0 fully saturated rings. The molecule has 0 amide bonds. The Morgan fingerprint density at radius 2 is 2.10 bits per heavy atom. The molecule has 2 heterocycles. The second-order valence-electron chi connectivity index (χ2n) is 5.15. The number of nitrogens with one attached hydrogen (secondary N) is 1. The van der Waals surface area contributed by atoms with Crippen molar-refractivity contribution in [2.24, 2.45) is 5.84 Å². The van der Waals surface area contributed by atoms with Crippen molar-refractivity contribution in [3.63, 3.8) is 0 Å². The molecule has 3 rings (SSSR count). The summed E-state index contributed by atoms with van der Waals surface area (Å²) in [7, 11) is 0. The van der Waals surface area contributed by atoms with Crippen molar-refractivity contribution in [1.82, 2.24) is 4.98 Å². The van der Waals surface area contributed by atoms with E-state index in [1.807, 2.05) is 38.1 Å². The number of nitrogens with zero attached hydrogens (tertiary/aromatic N) is 2. The Balaban J connectivity index is 2.35. The number of benzene rings is 1. The molecule has 0 bridgehead atoms. The molecule has 5 heteroatoms. The topological polar surface area (TPSA) is 84.0 Å². The summed E-state index contributed by atoms with van der Waals surface area (Å²) in [5.41, 5.74) is 4.92. The first kappa shape index (κ1) is 12.5. The first-order chi connectivity index (χ1) is 9.56. The number of aromatic nitrogens is 1. The van der Waals surface area contributed by atoms with Gasteiger partial charge in [0.2, 0.25) is 0 Å². The highest BCUT2D eigenvalue weighted by Crippen LogP contribution is 2.44. The Labute approximate surface area is 117 Å². The van der Waals surface area contributed by atoms with Crippen molar-refractivity contribution in [2.45, 2.75) is 19.4 Å². The van der Waals surface area contributed by atoms with E-state index in [0.717, 1.165) is 22.6 Å². The Morgan fingerprint density at radius 3 is 2.80 bits per heavy atom. The number of nitrogen functional groups attached to an aromatic ring is 1. The van der Waals surface area contributed by atoms with E-state index in [-0.39, 0.29) is 0 Å². The van der Waals surface area contributed by atoms with Gasteiger partial charge < -0.3 is 10.2 Å². The van der Waals surface area contributed by atoms with Crippen LogP contribution in [0.2, 0.25) is 0 Å². The van der Waals surface area contributed by atoms with Gasteiger partial charge in [-0.2, -0.15) is 5.26 Å². The average molecular weight is 266 g/mol. The summed E-state index contributed by atoms with van der Waals surface area (Å²) in [6, 6.07) is 11.6. The van der Waals surface area contributed by atoms with Crippen LogP contribution >= 0.6 is 0 Å². The Kier molecular flexibility index (Phi) is 2.63. The number of pyridine rings is 1. The number of rotatable bonds is 1. The van der Waals surface area contributed by atoms with Crippen LogP contribution < -0.4 is 16.0 Å². The van der Waals surface area contributed by atoms with E-state index < -0.39 is 5.60 Å². The fourth-order valence-corrected chi connectivity index (χ4v) is 2.45. The van der Waals surface area contributed by atoms with Crippen LogP contribution in [0.15, 0.2) is 30.3 Å². The van der Waals surface area contributed by atoms with Crippen LogP contribution in [-0.4, -0.2) is 4.98 Å². The molecule has 0 aliphatic carbocycles. The summed E-state index contributed by atoms with van der Waals surface area (Å²) in [6.45, 7) is 3.92. The molecule has 0 saturated carbocycles. The first-order valence-corrected chi connectivity index (χ1v) is 6.27. The lowest BCUT2D eigenvalue weighted by atomic mass is 9.88. The second-order valence-corrected chi connectivity index (χ2v) is 5.15. The molecule has 0 unspecified atom stereocenters. The standard InChI is InChI=1S/C15H14N4O/c1-15(2)11-7-9(8-16)14(19-17)18-13(11)10-5-3-4-6-12(10)20-15/h3-7H,17H2,1-2H3,(H,18,19). The van der Waals surface area contributed by atoms with Crippen LogP contribution in [0.3, 0.4) is 0 Å². The third-order valence-corrected chi connectivity index (χ3v) is 3.44. The third-order valence-electron chi connectivity index (χ3n) is 3.44. The highest BCUT2D eigenvalue weighted by molar-refractivity contribution is 5.76. The van der Waals surface area contributed by atoms with Crippen molar-refractivity contribution < 1.29 is 4.74 Å². The van der Waals surface area contributed by atoms with E-state index >= 15 is 0 Å². The monoisotopic (exact) mass is 266 g/mol. The van der Waals surface area contributed by atoms with Gasteiger partial charge in [-0.1, -0.05) is 12.1 Å². The van der Waals surface area contributed by atoms with Gasteiger partial charge in [0, 0.05) is 11.1 Å². The second kappa shape index (κ2) is 4.22. The fraction of sp³-hybridized carbons (Fsp3) is 0.200. The van der Waals surface area contributed by atoms with Crippen LogP contribution in [0.4, 0.5) is 5.82 Å². The third kappa shape index (κ3) is 1.70. The maximum atomic E-state index is 9.19. The lowest BCUT2D eigenvalue weighted by Crippen LogP contribution is -2.30. The van der Waals surface area contributed by atoms with Crippen LogP contribution in [0.5, 0.6) is 5.75 Å². The van der Waals surface area contributed by atoms with E-state index in [1.54, 1.807) is 6.07 Å². The number of nitrogens with two attached hydrogens (primary N) is 1. The molecule has 0 saturated heterocycles. The molecule has 5 nitrogen and oxygen atoms in total. The highest BCUT2D eigenvalue weighted by Gasteiger charge is 2.34. The molecule has 100 valence electrons. The van der Waals surface area contributed by atoms with Crippen molar-refractivity contribution in [3.05, 3.63) is 41.5 Å². The summed E-state index contributed by atoms with van der Waals surface area (Å²) in [6.07, 6.45) is 0. The SMILES string of the molecule is CC1(C)Oc2ccccc2-c2nc(NN)c(C#N)cc21. The largest absolute Gasteiger partial charge is 0.482 e. The van der Waals surface area contributed by atoms with Gasteiger partial charge in [0.05, 0.1) is 11.3 Å². The molecule has 0 radical (unpaired) electrons. The lowest BCUT2D eigenvalue weighted by molar-refractivity contribution is 0.105. The minimum Gasteiger partial charge on any atom is -0.482 e. The van der Waals surface area contributed by atoms with Crippen molar-refractivity contribution in [2.75, 3.05) is 5.43 Å². The van der Waals surface area contributed by atoms with Gasteiger partial charge in [-0.15, -0.1) is 0 Å². The number of nitriles is 1. The van der Waals surface area contributed by atoms with Gasteiger partial charge in [-0.3, -0.25) is 0 Å². The van der Waals surface area contributed by atoms with Gasteiger partial charge in [-0.05, 0) is 32.0 Å². The average Bonchev–Trinajstić information content (AvgIpc) is 2.45. The molecule has 20 heavy (non-hydrogen) atoms. The van der Waals surface area contributed by atoms with Crippen LogP contribution in [0.1, 0.15) is 25.0 Å². The van der Waals surface area contributed by atoms with Gasteiger partial charge in [0.25, 0.3) is 0 Å². The molecule has 1 aliphatic heterocycles. The molecule has 1 aromatic heterocycles.